The number of carbonyl (C=O) groups is 1. The van der Waals surface area contributed by atoms with Crippen LogP contribution in [-0.4, -0.2) is 16.9 Å². The van der Waals surface area contributed by atoms with Crippen molar-refractivity contribution in [2.24, 2.45) is 0 Å². The number of H-pyrrole nitrogens is 1. The predicted octanol–water partition coefficient (Wildman–Crippen LogP) is 2.39. The number of nitrogens with zero attached hydrogens (tertiary/aromatic N) is 1. The van der Waals surface area contributed by atoms with E-state index in [-0.39, 0.29) is 11.9 Å². The molecule has 0 spiro atoms. The number of aryl methyl sites for hydroxylation is 1. The maximum atomic E-state index is 12.0. The number of carbonyl (C=O) groups excluding carboxylic acids is 1. The lowest BCUT2D eigenvalue weighted by Gasteiger charge is -2.13. The number of aromatic nitrogens is 1. The molecule has 0 aliphatic rings. The van der Waals surface area contributed by atoms with Gasteiger partial charge in [0, 0.05) is 17.9 Å². The molecule has 1 atom stereocenters. The molecule has 1 amide bonds. The Morgan fingerprint density at radius 1 is 1.59 bits per heavy atom. The predicted molar refractivity (Wildman–Crippen MR) is 66.6 cm³/mol. The van der Waals surface area contributed by atoms with Gasteiger partial charge in [-0.15, -0.1) is 0 Å². The van der Waals surface area contributed by atoms with Crippen LogP contribution in [0.2, 0.25) is 0 Å². The van der Waals surface area contributed by atoms with E-state index in [4.69, 9.17) is 5.26 Å². The summed E-state index contributed by atoms with van der Waals surface area (Å²) in [5.74, 6) is -0.0863. The number of nitrogens with one attached hydrogen (secondary N) is 2. The zero-order valence-electron chi connectivity index (χ0n) is 10.4. The van der Waals surface area contributed by atoms with Crippen molar-refractivity contribution in [3.05, 3.63) is 23.5 Å². The van der Waals surface area contributed by atoms with Crippen LogP contribution in [0.4, 0.5) is 0 Å². The van der Waals surface area contributed by atoms with Gasteiger partial charge in [0.05, 0.1) is 18.1 Å². The summed E-state index contributed by atoms with van der Waals surface area (Å²) in [6, 6.07) is 3.82. The Hall–Kier alpha value is -1.76. The standard InChI is InChI=1S/C13H19N3O/c1-3-5-12-11(7-9-15-12)13(17)16-10(4-2)6-8-14/h7,9-10,15H,3-6H2,1-2H3,(H,16,17). The van der Waals surface area contributed by atoms with E-state index < -0.39 is 0 Å². The normalized spacial score (nSPS) is 11.8. The quantitative estimate of drug-likeness (QED) is 0.792. The third-order valence-electron chi connectivity index (χ3n) is 2.74. The lowest BCUT2D eigenvalue weighted by atomic mass is 10.1. The van der Waals surface area contributed by atoms with Gasteiger partial charge in [0.1, 0.15) is 0 Å². The molecule has 92 valence electrons. The average Bonchev–Trinajstić information content (AvgIpc) is 2.77. The van der Waals surface area contributed by atoms with Crippen LogP contribution < -0.4 is 5.32 Å². The fourth-order valence-electron chi connectivity index (χ4n) is 1.74. The molecule has 4 heteroatoms. The van der Waals surface area contributed by atoms with Crippen molar-refractivity contribution in [2.45, 2.75) is 45.6 Å². The van der Waals surface area contributed by atoms with Crippen molar-refractivity contribution in [1.29, 1.82) is 5.26 Å². The zero-order valence-corrected chi connectivity index (χ0v) is 10.4. The van der Waals surface area contributed by atoms with Crippen LogP contribution in [0.1, 0.15) is 49.2 Å². The molecule has 0 aliphatic carbocycles. The minimum absolute atomic E-state index is 0.0584. The van der Waals surface area contributed by atoms with Crippen LogP contribution in [-0.2, 0) is 6.42 Å². The van der Waals surface area contributed by atoms with Crippen molar-refractivity contribution in [3.63, 3.8) is 0 Å². The van der Waals surface area contributed by atoms with E-state index in [2.05, 4.69) is 23.3 Å². The third-order valence-corrected chi connectivity index (χ3v) is 2.74. The molecule has 17 heavy (non-hydrogen) atoms. The molecule has 0 bridgehead atoms. The second kappa shape index (κ2) is 6.74. The summed E-state index contributed by atoms with van der Waals surface area (Å²) in [4.78, 5) is 15.1. The van der Waals surface area contributed by atoms with Gasteiger partial charge in [0.25, 0.3) is 5.91 Å². The Morgan fingerprint density at radius 3 is 2.94 bits per heavy atom. The maximum absolute atomic E-state index is 12.0. The minimum Gasteiger partial charge on any atom is -0.364 e. The summed E-state index contributed by atoms with van der Waals surface area (Å²) in [5, 5.41) is 11.5. The third kappa shape index (κ3) is 3.63. The Morgan fingerprint density at radius 2 is 2.35 bits per heavy atom. The minimum atomic E-state index is -0.0863. The van der Waals surface area contributed by atoms with E-state index >= 15 is 0 Å². The highest BCUT2D eigenvalue weighted by molar-refractivity contribution is 5.95. The first kappa shape index (κ1) is 13.3. The van der Waals surface area contributed by atoms with Crippen LogP contribution in [0.25, 0.3) is 0 Å². The molecule has 0 aromatic carbocycles. The summed E-state index contributed by atoms with van der Waals surface area (Å²) in [6.07, 6.45) is 4.77. The number of hydrogen-bond donors (Lipinski definition) is 2. The Labute approximate surface area is 102 Å². The van der Waals surface area contributed by atoms with Crippen molar-refractivity contribution in [3.8, 4) is 6.07 Å². The number of rotatable bonds is 6. The van der Waals surface area contributed by atoms with E-state index in [1.807, 2.05) is 6.92 Å². The molecule has 1 heterocycles. The van der Waals surface area contributed by atoms with Gasteiger partial charge in [-0.05, 0) is 18.9 Å². The van der Waals surface area contributed by atoms with Crippen LogP contribution in [0.15, 0.2) is 12.3 Å². The summed E-state index contributed by atoms with van der Waals surface area (Å²) in [6.45, 7) is 4.04. The summed E-state index contributed by atoms with van der Waals surface area (Å²) in [5.41, 5.74) is 1.67. The van der Waals surface area contributed by atoms with E-state index in [0.29, 0.717) is 12.0 Å². The lowest BCUT2D eigenvalue weighted by Crippen LogP contribution is -2.34. The first-order chi connectivity index (χ1) is 8.22. The van der Waals surface area contributed by atoms with Gasteiger partial charge in [-0.1, -0.05) is 20.3 Å². The molecule has 1 aromatic rings. The van der Waals surface area contributed by atoms with Crippen LogP contribution in [0, 0.1) is 11.3 Å². The first-order valence-corrected chi connectivity index (χ1v) is 6.06. The molecule has 0 saturated heterocycles. The zero-order chi connectivity index (χ0) is 12.7. The molecule has 1 aromatic heterocycles. The summed E-state index contributed by atoms with van der Waals surface area (Å²) < 4.78 is 0. The summed E-state index contributed by atoms with van der Waals surface area (Å²) in [7, 11) is 0. The number of aromatic amines is 1. The highest BCUT2D eigenvalue weighted by Gasteiger charge is 2.15. The molecule has 1 unspecified atom stereocenters. The topological polar surface area (TPSA) is 68.7 Å². The van der Waals surface area contributed by atoms with Gasteiger partial charge < -0.3 is 10.3 Å². The largest absolute Gasteiger partial charge is 0.364 e. The fourth-order valence-corrected chi connectivity index (χ4v) is 1.74. The average molecular weight is 233 g/mol. The van der Waals surface area contributed by atoms with Crippen LogP contribution >= 0.6 is 0 Å². The molecule has 0 aliphatic heterocycles. The molecule has 0 radical (unpaired) electrons. The van der Waals surface area contributed by atoms with Gasteiger partial charge in [-0.3, -0.25) is 4.79 Å². The molecule has 0 saturated carbocycles. The van der Waals surface area contributed by atoms with Crippen molar-refractivity contribution in [1.82, 2.24) is 10.3 Å². The number of amides is 1. The van der Waals surface area contributed by atoms with E-state index in [0.717, 1.165) is 25.0 Å². The van der Waals surface area contributed by atoms with Crippen LogP contribution in [0.5, 0.6) is 0 Å². The highest BCUT2D eigenvalue weighted by Crippen LogP contribution is 2.10. The van der Waals surface area contributed by atoms with E-state index in [1.54, 1.807) is 12.3 Å². The van der Waals surface area contributed by atoms with Crippen molar-refractivity contribution in [2.75, 3.05) is 0 Å². The number of hydrogen-bond acceptors (Lipinski definition) is 2. The molecule has 2 N–H and O–H groups in total. The smallest absolute Gasteiger partial charge is 0.253 e. The maximum Gasteiger partial charge on any atom is 0.253 e. The van der Waals surface area contributed by atoms with E-state index in [1.165, 1.54) is 0 Å². The lowest BCUT2D eigenvalue weighted by molar-refractivity contribution is 0.0936. The van der Waals surface area contributed by atoms with Crippen molar-refractivity contribution >= 4 is 5.91 Å². The SMILES string of the molecule is CCCc1[nH]ccc1C(=O)NC(CC)CC#N. The molecule has 1 rings (SSSR count). The second-order valence-corrected chi connectivity index (χ2v) is 4.06. The molecular formula is C13H19N3O. The van der Waals surface area contributed by atoms with Gasteiger partial charge in [-0.2, -0.15) is 5.26 Å². The van der Waals surface area contributed by atoms with Gasteiger partial charge in [-0.25, -0.2) is 0 Å². The van der Waals surface area contributed by atoms with Gasteiger partial charge >= 0.3 is 0 Å². The molecule has 4 nitrogen and oxygen atoms in total. The molecule has 0 fully saturated rings. The molecular weight excluding hydrogens is 214 g/mol. The first-order valence-electron chi connectivity index (χ1n) is 6.06. The Balaban J connectivity index is 2.69. The van der Waals surface area contributed by atoms with Gasteiger partial charge in [0.2, 0.25) is 0 Å². The van der Waals surface area contributed by atoms with E-state index in [9.17, 15) is 4.79 Å². The van der Waals surface area contributed by atoms with Crippen molar-refractivity contribution < 1.29 is 4.79 Å². The summed E-state index contributed by atoms with van der Waals surface area (Å²) >= 11 is 0. The van der Waals surface area contributed by atoms with Crippen LogP contribution in [0.3, 0.4) is 0 Å². The van der Waals surface area contributed by atoms with Gasteiger partial charge in [0.15, 0.2) is 0 Å². The number of nitriles is 1. The highest BCUT2D eigenvalue weighted by atomic mass is 16.1. The second-order valence-electron chi connectivity index (χ2n) is 4.06. The Kier molecular flexibility index (Phi) is 5.28. The fraction of sp³-hybridized carbons (Fsp3) is 0.538. The monoisotopic (exact) mass is 233 g/mol. The Bertz CT molecular complexity index is 403.